The molecule has 0 saturated carbocycles. The molecule has 94 valence electrons. The van der Waals surface area contributed by atoms with Crippen molar-refractivity contribution in [2.45, 2.75) is 38.5 Å². The third-order valence-electron chi connectivity index (χ3n) is 2.26. The van der Waals surface area contributed by atoms with E-state index in [-0.39, 0.29) is 5.76 Å². The van der Waals surface area contributed by atoms with Crippen LogP contribution in [0.1, 0.15) is 20.8 Å². The van der Waals surface area contributed by atoms with Crippen molar-refractivity contribution < 1.29 is 30.5 Å². The molecule has 16 heavy (non-hydrogen) atoms. The molecule has 8 heteroatoms. The second-order valence-electron chi connectivity index (χ2n) is 3.45. The zero-order valence-electron chi connectivity index (χ0n) is 8.83. The van der Waals surface area contributed by atoms with Crippen molar-refractivity contribution in [2.75, 3.05) is 0 Å². The Balaban J connectivity index is 3.00. The van der Waals surface area contributed by atoms with E-state index in [1.807, 2.05) is 0 Å². The topological polar surface area (TPSA) is 52.6 Å². The Hall–Kier alpha value is -0.760. The highest BCUT2D eigenvalue weighted by atomic mass is 32.2. The summed E-state index contributed by atoms with van der Waals surface area (Å²) in [6.07, 6.45) is -1.25. The molecule has 0 aromatic heterocycles. The van der Waals surface area contributed by atoms with E-state index in [0.717, 1.165) is 0 Å². The lowest BCUT2D eigenvalue weighted by Gasteiger charge is -2.13. The molecule has 0 bridgehead atoms. The first-order chi connectivity index (χ1) is 7.06. The number of rotatable bonds is 2. The van der Waals surface area contributed by atoms with Gasteiger partial charge in [0, 0.05) is 0 Å². The van der Waals surface area contributed by atoms with Gasteiger partial charge < -0.3 is 8.92 Å². The lowest BCUT2D eigenvalue weighted by atomic mass is 10.2. The van der Waals surface area contributed by atoms with Crippen LogP contribution in [0.5, 0.6) is 0 Å². The minimum atomic E-state index is -5.61. The van der Waals surface area contributed by atoms with Gasteiger partial charge in [-0.3, -0.25) is 0 Å². The smallest absolute Gasteiger partial charge is 0.378 e. The largest absolute Gasteiger partial charge is 0.534 e. The standard InChI is InChI=1S/C8H11F3O4S/c1-4-5(2)14-6(3)7(4)15-16(12,13)8(9,10)11/h5-6H,1-3H3. The molecular weight excluding hydrogens is 249 g/mol. The van der Waals surface area contributed by atoms with Gasteiger partial charge in [-0.15, -0.1) is 0 Å². The Morgan fingerprint density at radius 1 is 1.25 bits per heavy atom. The van der Waals surface area contributed by atoms with Crippen LogP contribution in [0.4, 0.5) is 13.2 Å². The molecule has 0 amide bonds. The van der Waals surface area contributed by atoms with Gasteiger partial charge in [0.15, 0.2) is 0 Å². The molecule has 4 nitrogen and oxygen atoms in total. The average Bonchev–Trinajstić information content (AvgIpc) is 2.30. The van der Waals surface area contributed by atoms with Crippen LogP contribution < -0.4 is 0 Å². The number of alkyl halides is 3. The predicted molar refractivity (Wildman–Crippen MR) is 48.8 cm³/mol. The van der Waals surface area contributed by atoms with E-state index in [2.05, 4.69) is 4.18 Å². The van der Waals surface area contributed by atoms with Gasteiger partial charge in [-0.25, -0.2) is 0 Å². The highest BCUT2D eigenvalue weighted by Gasteiger charge is 2.50. The van der Waals surface area contributed by atoms with Crippen LogP contribution in [0.2, 0.25) is 0 Å². The molecule has 1 heterocycles. The van der Waals surface area contributed by atoms with Crippen LogP contribution in [0, 0.1) is 0 Å². The van der Waals surface area contributed by atoms with Gasteiger partial charge in [0.25, 0.3) is 0 Å². The SMILES string of the molecule is CC1=C(OS(=O)(=O)C(F)(F)F)C(C)OC1C. The van der Waals surface area contributed by atoms with Crippen LogP contribution >= 0.6 is 0 Å². The Kier molecular flexibility index (Phi) is 3.26. The van der Waals surface area contributed by atoms with Gasteiger partial charge in [0.05, 0.1) is 6.10 Å². The third-order valence-corrected chi connectivity index (χ3v) is 3.22. The summed E-state index contributed by atoms with van der Waals surface area (Å²) in [6.45, 7) is 4.49. The quantitative estimate of drug-likeness (QED) is 0.562. The maximum Gasteiger partial charge on any atom is 0.534 e. The molecular formula is C8H11F3O4S. The monoisotopic (exact) mass is 260 g/mol. The Bertz CT molecular complexity index is 409. The first kappa shape index (κ1) is 13.3. The first-order valence-electron chi connectivity index (χ1n) is 4.43. The predicted octanol–water partition coefficient (Wildman–Crippen LogP) is 1.93. The molecule has 0 spiro atoms. The van der Waals surface area contributed by atoms with Crippen molar-refractivity contribution in [2.24, 2.45) is 0 Å². The van der Waals surface area contributed by atoms with Crippen molar-refractivity contribution in [3.63, 3.8) is 0 Å². The number of hydrogen-bond donors (Lipinski definition) is 0. The highest BCUT2D eigenvalue weighted by molar-refractivity contribution is 7.87. The number of halogens is 3. The zero-order chi connectivity index (χ0) is 12.7. The van der Waals surface area contributed by atoms with E-state index in [9.17, 15) is 21.6 Å². The minimum Gasteiger partial charge on any atom is -0.378 e. The summed E-state index contributed by atoms with van der Waals surface area (Å²) in [5, 5.41) is 0. The fourth-order valence-electron chi connectivity index (χ4n) is 1.29. The van der Waals surface area contributed by atoms with E-state index in [1.54, 1.807) is 6.92 Å². The van der Waals surface area contributed by atoms with Gasteiger partial charge in [-0.2, -0.15) is 21.6 Å². The van der Waals surface area contributed by atoms with Gasteiger partial charge >= 0.3 is 15.6 Å². The summed E-state index contributed by atoms with van der Waals surface area (Å²) in [4.78, 5) is 0. The number of ether oxygens (including phenoxy) is 1. The highest BCUT2D eigenvalue weighted by Crippen LogP contribution is 2.33. The van der Waals surface area contributed by atoms with Crippen LogP contribution in [0.25, 0.3) is 0 Å². The van der Waals surface area contributed by atoms with Crippen molar-refractivity contribution in [3.8, 4) is 0 Å². The summed E-state index contributed by atoms with van der Waals surface area (Å²) in [7, 11) is -5.61. The summed E-state index contributed by atoms with van der Waals surface area (Å²) in [6, 6.07) is 0. The molecule has 1 aliphatic rings. The molecule has 2 atom stereocenters. The van der Waals surface area contributed by atoms with Gasteiger partial charge in [-0.05, 0) is 26.3 Å². The summed E-state index contributed by atoms with van der Waals surface area (Å²) < 4.78 is 66.9. The fraction of sp³-hybridized carbons (Fsp3) is 0.750. The molecule has 0 aromatic rings. The molecule has 1 aliphatic heterocycles. The molecule has 0 aromatic carbocycles. The van der Waals surface area contributed by atoms with Crippen LogP contribution in [-0.4, -0.2) is 26.1 Å². The third kappa shape index (κ3) is 2.32. The second-order valence-corrected chi connectivity index (χ2v) is 4.99. The summed E-state index contributed by atoms with van der Waals surface area (Å²) in [5.74, 6) is -0.287. The molecule has 0 fully saturated rings. The van der Waals surface area contributed by atoms with Crippen molar-refractivity contribution in [1.82, 2.24) is 0 Å². The van der Waals surface area contributed by atoms with E-state index in [0.29, 0.717) is 5.57 Å². The molecule has 0 saturated heterocycles. The average molecular weight is 260 g/mol. The van der Waals surface area contributed by atoms with Crippen molar-refractivity contribution >= 4 is 10.1 Å². The van der Waals surface area contributed by atoms with E-state index in [1.165, 1.54) is 13.8 Å². The molecule has 0 N–H and O–H groups in total. The number of hydrogen-bond acceptors (Lipinski definition) is 4. The van der Waals surface area contributed by atoms with Gasteiger partial charge in [-0.1, -0.05) is 0 Å². The Labute approximate surface area is 91.2 Å². The maximum absolute atomic E-state index is 12.1. The zero-order valence-corrected chi connectivity index (χ0v) is 9.65. The van der Waals surface area contributed by atoms with Gasteiger partial charge in [0.2, 0.25) is 0 Å². The van der Waals surface area contributed by atoms with Crippen LogP contribution in [0.15, 0.2) is 11.3 Å². The lowest BCUT2D eigenvalue weighted by Crippen LogP contribution is -2.27. The van der Waals surface area contributed by atoms with Crippen LogP contribution in [-0.2, 0) is 19.0 Å². The first-order valence-corrected chi connectivity index (χ1v) is 5.84. The van der Waals surface area contributed by atoms with E-state index in [4.69, 9.17) is 4.74 Å². The maximum atomic E-state index is 12.1. The summed E-state index contributed by atoms with van der Waals surface area (Å²) >= 11 is 0. The van der Waals surface area contributed by atoms with Crippen molar-refractivity contribution in [3.05, 3.63) is 11.3 Å². The normalized spacial score (nSPS) is 27.4. The molecule has 0 aliphatic carbocycles. The lowest BCUT2D eigenvalue weighted by molar-refractivity contribution is -0.0532. The minimum absolute atomic E-state index is 0.287. The van der Waals surface area contributed by atoms with Crippen molar-refractivity contribution in [1.29, 1.82) is 0 Å². The Morgan fingerprint density at radius 2 is 1.75 bits per heavy atom. The van der Waals surface area contributed by atoms with Gasteiger partial charge in [0.1, 0.15) is 11.9 Å². The van der Waals surface area contributed by atoms with Crippen LogP contribution in [0.3, 0.4) is 0 Å². The fourth-order valence-corrected chi connectivity index (χ4v) is 1.89. The summed E-state index contributed by atoms with van der Waals surface area (Å²) in [5.41, 5.74) is -5.08. The molecule has 1 rings (SSSR count). The Morgan fingerprint density at radius 3 is 2.06 bits per heavy atom. The van der Waals surface area contributed by atoms with E-state index < -0.39 is 27.8 Å². The molecule has 2 unspecified atom stereocenters. The van der Waals surface area contributed by atoms with E-state index >= 15 is 0 Å². The molecule has 0 radical (unpaired) electrons. The second kappa shape index (κ2) is 3.92.